The fourth-order valence-corrected chi connectivity index (χ4v) is 1.86. The van der Waals surface area contributed by atoms with Crippen molar-refractivity contribution in [3.63, 3.8) is 0 Å². The van der Waals surface area contributed by atoms with E-state index in [0.29, 0.717) is 19.8 Å². The molecule has 1 unspecified atom stereocenters. The van der Waals surface area contributed by atoms with Crippen LogP contribution in [0.1, 0.15) is 12.5 Å². The van der Waals surface area contributed by atoms with Crippen molar-refractivity contribution in [1.29, 1.82) is 0 Å². The molecule has 20 heavy (non-hydrogen) atoms. The molecular formula is C15H19IO4. The third-order valence-electron chi connectivity index (χ3n) is 2.35. The first kappa shape index (κ1) is 17.0. The van der Waals surface area contributed by atoms with Crippen LogP contribution in [0.25, 0.3) is 0 Å². The maximum absolute atomic E-state index is 11.1. The second kappa shape index (κ2) is 10.7. The maximum atomic E-state index is 11.1. The number of rotatable bonds is 9. The lowest BCUT2D eigenvalue weighted by molar-refractivity contribution is -0.137. The second-order valence-electron chi connectivity index (χ2n) is 3.97. The summed E-state index contributed by atoms with van der Waals surface area (Å²) in [4.78, 5) is 11.1. The summed E-state index contributed by atoms with van der Waals surface area (Å²) in [5.41, 5.74) is 1.13. The molecule has 0 aliphatic rings. The highest BCUT2D eigenvalue weighted by molar-refractivity contribution is 14.1. The van der Waals surface area contributed by atoms with E-state index in [4.69, 9.17) is 14.2 Å². The van der Waals surface area contributed by atoms with Gasteiger partial charge in [-0.05, 0) is 12.5 Å². The van der Waals surface area contributed by atoms with E-state index < -0.39 is 5.97 Å². The maximum Gasteiger partial charge on any atom is 0.333 e. The van der Waals surface area contributed by atoms with E-state index in [0.717, 1.165) is 9.99 Å². The summed E-state index contributed by atoms with van der Waals surface area (Å²) in [5.74, 6) is -0.398. The Labute approximate surface area is 133 Å². The van der Waals surface area contributed by atoms with Crippen molar-refractivity contribution in [3.05, 3.63) is 48.2 Å². The van der Waals surface area contributed by atoms with Crippen LogP contribution in [0.2, 0.25) is 0 Å². The molecule has 0 heterocycles. The highest BCUT2D eigenvalue weighted by Crippen LogP contribution is 2.04. The lowest BCUT2D eigenvalue weighted by atomic mass is 10.2. The Morgan fingerprint density at radius 2 is 2.10 bits per heavy atom. The molecule has 0 fully saturated rings. The van der Waals surface area contributed by atoms with Gasteiger partial charge < -0.3 is 14.2 Å². The van der Waals surface area contributed by atoms with E-state index in [1.54, 1.807) is 6.92 Å². The van der Waals surface area contributed by atoms with E-state index in [-0.39, 0.29) is 6.10 Å². The van der Waals surface area contributed by atoms with E-state index in [1.807, 2.05) is 30.3 Å². The average Bonchev–Trinajstić information content (AvgIpc) is 2.47. The minimum atomic E-state index is -0.398. The highest BCUT2D eigenvalue weighted by atomic mass is 127. The largest absolute Gasteiger partial charge is 0.495 e. The van der Waals surface area contributed by atoms with Crippen molar-refractivity contribution in [2.75, 3.05) is 17.6 Å². The van der Waals surface area contributed by atoms with Crippen LogP contribution >= 0.6 is 22.6 Å². The van der Waals surface area contributed by atoms with Crippen molar-refractivity contribution in [2.45, 2.75) is 19.6 Å². The monoisotopic (exact) mass is 390 g/mol. The summed E-state index contributed by atoms with van der Waals surface area (Å²) in [6, 6.07) is 9.96. The van der Waals surface area contributed by atoms with Gasteiger partial charge in [0.2, 0.25) is 0 Å². The first-order valence-corrected chi connectivity index (χ1v) is 7.95. The number of benzene rings is 1. The van der Waals surface area contributed by atoms with Crippen LogP contribution in [-0.4, -0.2) is 29.7 Å². The molecule has 1 aromatic carbocycles. The van der Waals surface area contributed by atoms with Crippen LogP contribution in [0.3, 0.4) is 0 Å². The summed E-state index contributed by atoms with van der Waals surface area (Å²) in [6.07, 6.45) is 2.57. The zero-order valence-electron chi connectivity index (χ0n) is 11.5. The smallest absolute Gasteiger partial charge is 0.333 e. The van der Waals surface area contributed by atoms with Crippen LogP contribution in [-0.2, 0) is 25.6 Å². The minimum absolute atomic E-state index is 0.0787. The Hall–Kier alpha value is -1.08. The van der Waals surface area contributed by atoms with Gasteiger partial charge >= 0.3 is 5.97 Å². The summed E-state index contributed by atoms with van der Waals surface area (Å²) in [7, 11) is 0. The summed E-state index contributed by atoms with van der Waals surface area (Å²) in [6.45, 7) is 3.15. The number of hydrogen-bond donors (Lipinski definition) is 0. The lowest BCUT2D eigenvalue weighted by Crippen LogP contribution is -2.19. The Bertz CT molecular complexity index is 406. The van der Waals surface area contributed by atoms with Gasteiger partial charge in [0, 0.05) is 4.43 Å². The molecule has 0 bridgehead atoms. The van der Waals surface area contributed by atoms with E-state index in [1.165, 1.54) is 12.3 Å². The van der Waals surface area contributed by atoms with Crippen molar-refractivity contribution in [3.8, 4) is 0 Å². The molecule has 0 aromatic heterocycles. The van der Waals surface area contributed by atoms with Gasteiger partial charge in [-0.25, -0.2) is 4.79 Å². The molecule has 0 aliphatic heterocycles. The molecule has 4 nitrogen and oxygen atoms in total. The number of carbonyl (C=O) groups excluding carboxylic acids is 1. The molecule has 0 N–H and O–H groups in total. The van der Waals surface area contributed by atoms with Crippen LogP contribution < -0.4 is 0 Å². The van der Waals surface area contributed by atoms with E-state index in [9.17, 15) is 4.79 Å². The van der Waals surface area contributed by atoms with Crippen molar-refractivity contribution in [1.82, 2.24) is 0 Å². The molecule has 110 valence electrons. The van der Waals surface area contributed by atoms with Gasteiger partial charge in [-0.2, -0.15) is 0 Å². The number of halogens is 1. The summed E-state index contributed by atoms with van der Waals surface area (Å²) >= 11 is 2.22. The molecule has 5 heteroatoms. The molecular weight excluding hydrogens is 371 g/mol. The topological polar surface area (TPSA) is 44.8 Å². The number of alkyl halides is 1. The molecule has 0 saturated carbocycles. The van der Waals surface area contributed by atoms with Crippen molar-refractivity contribution >= 4 is 28.6 Å². The predicted molar refractivity (Wildman–Crippen MR) is 85.6 cm³/mol. The number of carbonyl (C=O) groups is 1. The molecule has 0 aliphatic carbocycles. The van der Waals surface area contributed by atoms with E-state index in [2.05, 4.69) is 22.6 Å². The molecule has 0 amide bonds. The van der Waals surface area contributed by atoms with Crippen molar-refractivity contribution < 1.29 is 19.0 Å². The number of ether oxygens (including phenoxy) is 3. The molecule has 0 spiro atoms. The third kappa shape index (κ3) is 7.49. The zero-order chi connectivity index (χ0) is 14.6. The highest BCUT2D eigenvalue weighted by Gasteiger charge is 2.07. The van der Waals surface area contributed by atoms with Crippen molar-refractivity contribution in [2.24, 2.45) is 0 Å². The summed E-state index contributed by atoms with van der Waals surface area (Å²) < 4.78 is 16.6. The van der Waals surface area contributed by atoms with Crippen LogP contribution in [0.15, 0.2) is 42.7 Å². The van der Waals surface area contributed by atoms with Gasteiger partial charge in [-0.1, -0.05) is 52.9 Å². The average molecular weight is 390 g/mol. The minimum Gasteiger partial charge on any atom is -0.495 e. The molecule has 0 saturated heterocycles. The van der Waals surface area contributed by atoms with Crippen LogP contribution in [0, 0.1) is 0 Å². The Morgan fingerprint density at radius 1 is 1.35 bits per heavy atom. The van der Waals surface area contributed by atoms with Gasteiger partial charge in [0.05, 0.1) is 32.2 Å². The van der Waals surface area contributed by atoms with E-state index >= 15 is 0 Å². The second-order valence-corrected chi connectivity index (χ2v) is 4.85. The first-order chi connectivity index (χ1) is 9.76. The number of hydrogen-bond acceptors (Lipinski definition) is 4. The van der Waals surface area contributed by atoms with Gasteiger partial charge in [0.15, 0.2) is 0 Å². The van der Waals surface area contributed by atoms with Gasteiger partial charge in [-0.3, -0.25) is 0 Å². The fourth-order valence-electron chi connectivity index (χ4n) is 1.40. The SMILES string of the molecule is CCOC(=O)/C=C/OC(CI)COCc1ccccc1. The van der Waals surface area contributed by atoms with Gasteiger partial charge in [-0.15, -0.1) is 0 Å². The van der Waals surface area contributed by atoms with Crippen LogP contribution in [0.5, 0.6) is 0 Å². The lowest BCUT2D eigenvalue weighted by Gasteiger charge is -2.14. The Kier molecular flexibility index (Phi) is 9.06. The quantitative estimate of drug-likeness (QED) is 0.214. The number of esters is 1. The normalized spacial score (nSPS) is 12.3. The fraction of sp³-hybridized carbons (Fsp3) is 0.400. The Balaban J connectivity index is 2.24. The summed E-state index contributed by atoms with van der Waals surface area (Å²) in [5, 5.41) is 0. The zero-order valence-corrected chi connectivity index (χ0v) is 13.6. The molecule has 1 aromatic rings. The standard InChI is InChI=1S/C15H19IO4/c1-2-19-15(17)8-9-20-14(10-16)12-18-11-13-6-4-3-5-7-13/h3-9,14H,2,10-12H2,1H3/b9-8+. The third-order valence-corrected chi connectivity index (χ3v) is 3.33. The van der Waals surface area contributed by atoms with Gasteiger partial charge in [0.1, 0.15) is 6.10 Å². The predicted octanol–water partition coefficient (Wildman–Crippen LogP) is 3.10. The molecule has 1 rings (SSSR count). The molecule has 0 radical (unpaired) electrons. The van der Waals surface area contributed by atoms with Crippen LogP contribution in [0.4, 0.5) is 0 Å². The van der Waals surface area contributed by atoms with Gasteiger partial charge in [0.25, 0.3) is 0 Å². The first-order valence-electron chi connectivity index (χ1n) is 6.42. The Morgan fingerprint density at radius 3 is 2.75 bits per heavy atom. The molecule has 1 atom stereocenters.